The van der Waals surface area contributed by atoms with Crippen molar-refractivity contribution in [3.63, 3.8) is 0 Å². The number of aryl methyl sites for hydroxylation is 1. The molecule has 1 amide bonds. The lowest BCUT2D eigenvalue weighted by molar-refractivity contribution is 0.0954. The second-order valence-corrected chi connectivity index (χ2v) is 8.17. The van der Waals surface area contributed by atoms with Gasteiger partial charge in [-0.3, -0.25) is 9.79 Å². The van der Waals surface area contributed by atoms with Gasteiger partial charge in [-0.05, 0) is 56.3 Å². The molecule has 2 heterocycles. The van der Waals surface area contributed by atoms with Crippen molar-refractivity contribution in [2.45, 2.75) is 32.7 Å². The maximum Gasteiger partial charge on any atom is 0.251 e. The second kappa shape index (κ2) is 10.9. The molecular formula is C22H31N5OS. The molecule has 0 unspecified atom stereocenters. The smallest absolute Gasteiger partial charge is 0.251 e. The maximum absolute atomic E-state index is 12.2. The van der Waals surface area contributed by atoms with Gasteiger partial charge < -0.3 is 20.9 Å². The Morgan fingerprint density at radius 3 is 2.72 bits per heavy atom. The van der Waals surface area contributed by atoms with Gasteiger partial charge in [-0.25, -0.2) is 0 Å². The highest BCUT2D eigenvalue weighted by molar-refractivity contribution is 7.14. The number of aliphatic imine (C=N–C) groups is 1. The minimum absolute atomic E-state index is 0.0530. The summed E-state index contributed by atoms with van der Waals surface area (Å²) in [5, 5.41) is 13.3. The molecule has 0 aliphatic carbocycles. The van der Waals surface area contributed by atoms with Crippen molar-refractivity contribution in [2.24, 2.45) is 4.99 Å². The van der Waals surface area contributed by atoms with Gasteiger partial charge in [-0.1, -0.05) is 17.7 Å². The molecule has 29 heavy (non-hydrogen) atoms. The van der Waals surface area contributed by atoms with Gasteiger partial charge in [-0.15, -0.1) is 11.3 Å². The first-order chi connectivity index (χ1) is 14.2. The Bertz CT molecular complexity index is 797. The minimum atomic E-state index is -0.0530. The number of anilines is 1. The molecule has 1 aromatic heterocycles. The van der Waals surface area contributed by atoms with Crippen molar-refractivity contribution in [2.75, 3.05) is 37.6 Å². The van der Waals surface area contributed by atoms with Gasteiger partial charge in [0, 0.05) is 37.8 Å². The van der Waals surface area contributed by atoms with Crippen LogP contribution in [0.25, 0.3) is 0 Å². The third-order valence-corrected chi connectivity index (χ3v) is 5.87. The van der Waals surface area contributed by atoms with Gasteiger partial charge in [0.25, 0.3) is 5.91 Å². The lowest BCUT2D eigenvalue weighted by atomic mass is 10.1. The van der Waals surface area contributed by atoms with Crippen LogP contribution in [0.15, 0.2) is 46.8 Å². The molecule has 156 valence electrons. The number of guanidine groups is 1. The number of amides is 1. The van der Waals surface area contributed by atoms with Gasteiger partial charge in [0.2, 0.25) is 0 Å². The summed E-state index contributed by atoms with van der Waals surface area (Å²) in [6.07, 6.45) is 2.18. The largest absolute Gasteiger partial charge is 0.363 e. The highest BCUT2D eigenvalue weighted by atomic mass is 32.1. The van der Waals surface area contributed by atoms with E-state index in [1.54, 1.807) is 11.3 Å². The number of hydrogen-bond donors (Lipinski definition) is 3. The monoisotopic (exact) mass is 413 g/mol. The van der Waals surface area contributed by atoms with Gasteiger partial charge in [0.1, 0.15) is 0 Å². The molecule has 1 fully saturated rings. The van der Waals surface area contributed by atoms with Gasteiger partial charge in [-0.2, -0.15) is 0 Å². The van der Waals surface area contributed by atoms with Crippen LogP contribution in [0.2, 0.25) is 0 Å². The number of benzene rings is 1. The van der Waals surface area contributed by atoms with Crippen molar-refractivity contribution in [1.82, 2.24) is 16.0 Å². The Morgan fingerprint density at radius 1 is 1.21 bits per heavy atom. The number of thiophene rings is 1. The van der Waals surface area contributed by atoms with Crippen LogP contribution in [0.1, 0.15) is 35.7 Å². The van der Waals surface area contributed by atoms with Gasteiger partial charge in [0.15, 0.2) is 5.96 Å². The lowest BCUT2D eigenvalue weighted by Crippen LogP contribution is -2.48. The standard InChI is InChI=1S/C22H31N5OS/c1-3-23-22(25-12-11-24-21(28)18-7-4-6-17(2)16-18)26-19-9-13-27(14-10-19)20-8-5-15-29-20/h4-8,15-16,19H,3,9-14H2,1-2H3,(H,24,28)(H2,23,25,26). The van der Waals surface area contributed by atoms with E-state index in [0.29, 0.717) is 24.7 Å². The SMILES string of the molecule is CCNC(=NCCNC(=O)c1cccc(C)c1)NC1CCN(c2cccs2)CC1. The predicted molar refractivity (Wildman–Crippen MR) is 122 cm³/mol. The summed E-state index contributed by atoms with van der Waals surface area (Å²) in [6.45, 7) is 8.04. The Balaban J connectivity index is 1.43. The predicted octanol–water partition coefficient (Wildman–Crippen LogP) is 3.01. The Hall–Kier alpha value is -2.54. The fourth-order valence-corrected chi connectivity index (χ4v) is 4.22. The van der Waals surface area contributed by atoms with Gasteiger partial charge >= 0.3 is 0 Å². The highest BCUT2D eigenvalue weighted by Crippen LogP contribution is 2.24. The average molecular weight is 414 g/mol. The van der Waals surface area contributed by atoms with Crippen LogP contribution in [0.5, 0.6) is 0 Å². The first-order valence-corrected chi connectivity index (χ1v) is 11.2. The van der Waals surface area contributed by atoms with Crippen molar-refractivity contribution in [3.05, 3.63) is 52.9 Å². The molecule has 1 saturated heterocycles. The quantitative estimate of drug-likeness (QED) is 0.371. The summed E-state index contributed by atoms with van der Waals surface area (Å²) in [4.78, 5) is 19.3. The van der Waals surface area contributed by atoms with Crippen LogP contribution in [0.3, 0.4) is 0 Å². The normalized spacial score (nSPS) is 15.2. The fraction of sp³-hybridized carbons (Fsp3) is 0.455. The zero-order chi connectivity index (χ0) is 20.5. The Kier molecular flexibility index (Phi) is 7.93. The Labute approximate surface area is 177 Å². The molecule has 2 aromatic rings. The maximum atomic E-state index is 12.2. The first kappa shape index (κ1) is 21.2. The average Bonchev–Trinajstić information content (AvgIpc) is 3.26. The highest BCUT2D eigenvalue weighted by Gasteiger charge is 2.20. The van der Waals surface area contributed by atoms with Crippen LogP contribution < -0.4 is 20.9 Å². The first-order valence-electron chi connectivity index (χ1n) is 10.3. The molecule has 7 heteroatoms. The summed E-state index contributed by atoms with van der Waals surface area (Å²) in [5.74, 6) is 0.773. The van der Waals surface area contributed by atoms with E-state index < -0.39 is 0 Å². The molecule has 6 nitrogen and oxygen atoms in total. The third-order valence-electron chi connectivity index (χ3n) is 4.95. The van der Waals surface area contributed by atoms with E-state index in [1.807, 2.05) is 31.2 Å². The Morgan fingerprint density at radius 2 is 2.03 bits per heavy atom. The molecule has 0 atom stereocenters. The van der Waals surface area contributed by atoms with E-state index in [-0.39, 0.29) is 5.91 Å². The van der Waals surface area contributed by atoms with E-state index in [0.717, 1.165) is 44.0 Å². The number of rotatable bonds is 7. The molecule has 1 aliphatic rings. The number of piperidine rings is 1. The van der Waals surface area contributed by atoms with E-state index >= 15 is 0 Å². The molecule has 3 N–H and O–H groups in total. The summed E-state index contributed by atoms with van der Waals surface area (Å²) in [6, 6.07) is 12.3. The van der Waals surface area contributed by atoms with E-state index in [1.165, 1.54) is 5.00 Å². The lowest BCUT2D eigenvalue weighted by Gasteiger charge is -2.33. The summed E-state index contributed by atoms with van der Waals surface area (Å²) in [5.41, 5.74) is 1.77. The molecule has 0 radical (unpaired) electrons. The van der Waals surface area contributed by atoms with Crippen LogP contribution in [0, 0.1) is 6.92 Å². The number of carbonyl (C=O) groups excluding carboxylic acids is 1. The summed E-state index contributed by atoms with van der Waals surface area (Å²) < 4.78 is 0. The molecule has 1 aromatic carbocycles. The van der Waals surface area contributed by atoms with E-state index in [9.17, 15) is 4.79 Å². The van der Waals surface area contributed by atoms with Crippen molar-refractivity contribution < 1.29 is 4.79 Å². The molecule has 3 rings (SSSR count). The zero-order valence-corrected chi connectivity index (χ0v) is 18.1. The number of carbonyl (C=O) groups is 1. The van der Waals surface area contributed by atoms with Crippen LogP contribution in [-0.4, -0.2) is 50.6 Å². The van der Waals surface area contributed by atoms with E-state index in [4.69, 9.17) is 0 Å². The molecule has 1 aliphatic heterocycles. The summed E-state index contributed by atoms with van der Waals surface area (Å²) in [7, 11) is 0. The summed E-state index contributed by atoms with van der Waals surface area (Å²) >= 11 is 1.80. The van der Waals surface area contributed by atoms with Crippen LogP contribution in [-0.2, 0) is 0 Å². The fourth-order valence-electron chi connectivity index (χ4n) is 3.43. The van der Waals surface area contributed by atoms with E-state index in [2.05, 4.69) is 50.3 Å². The minimum Gasteiger partial charge on any atom is -0.363 e. The van der Waals surface area contributed by atoms with Crippen molar-refractivity contribution >= 4 is 28.2 Å². The molecule has 0 bridgehead atoms. The zero-order valence-electron chi connectivity index (χ0n) is 17.3. The topological polar surface area (TPSA) is 68.8 Å². The second-order valence-electron chi connectivity index (χ2n) is 7.24. The third kappa shape index (κ3) is 6.49. The number of nitrogens with one attached hydrogen (secondary N) is 3. The van der Waals surface area contributed by atoms with Gasteiger partial charge in [0.05, 0.1) is 11.5 Å². The van der Waals surface area contributed by atoms with Crippen molar-refractivity contribution in [3.8, 4) is 0 Å². The number of hydrogen-bond acceptors (Lipinski definition) is 4. The van der Waals surface area contributed by atoms with Crippen LogP contribution >= 0.6 is 11.3 Å². The molecule has 0 spiro atoms. The van der Waals surface area contributed by atoms with Crippen LogP contribution in [0.4, 0.5) is 5.00 Å². The molecule has 0 saturated carbocycles. The molecular weight excluding hydrogens is 382 g/mol. The van der Waals surface area contributed by atoms with Crippen molar-refractivity contribution in [1.29, 1.82) is 0 Å². The number of nitrogens with zero attached hydrogens (tertiary/aromatic N) is 2.